The second kappa shape index (κ2) is 12.4. The van der Waals surface area contributed by atoms with Crippen molar-refractivity contribution in [2.75, 3.05) is 45.0 Å². The minimum atomic E-state index is -3.09. The average molecular weight is 694 g/mol. The molecule has 1 aromatic carbocycles. The fraction of sp³-hybridized carbons (Fsp3) is 0.780. The van der Waals surface area contributed by atoms with Crippen LogP contribution in [0.25, 0.3) is 5.57 Å². The van der Waals surface area contributed by atoms with Crippen molar-refractivity contribution < 1.29 is 18.3 Å². The molecule has 8 heteroatoms. The number of nitrogens with zero attached hydrogens (tertiary/aromatic N) is 2. The number of fused-ring (bicyclic) bond motifs is 7. The number of sulfonamides is 1. The molecular formula is C41H63N3O4S. The fourth-order valence-electron chi connectivity index (χ4n) is 13.6. The molecule has 1 saturated heterocycles. The van der Waals surface area contributed by atoms with E-state index in [4.69, 9.17) is 0 Å². The van der Waals surface area contributed by atoms with E-state index in [1.54, 1.807) is 23.4 Å². The van der Waals surface area contributed by atoms with E-state index in [2.05, 4.69) is 50.9 Å². The lowest BCUT2D eigenvalue weighted by molar-refractivity contribution is -0.217. The minimum absolute atomic E-state index is 0.0326. The number of hydrogen-bond donors (Lipinski definition) is 2. The summed E-state index contributed by atoms with van der Waals surface area (Å²) in [5.41, 5.74) is 4.19. The van der Waals surface area contributed by atoms with Crippen LogP contribution in [-0.2, 0) is 10.0 Å². The summed E-state index contributed by atoms with van der Waals surface area (Å²) in [6, 6.07) is 7.60. The van der Waals surface area contributed by atoms with Crippen LogP contribution < -0.4 is 5.32 Å². The molecule has 1 aromatic rings. The maximum absolute atomic E-state index is 12.3. The van der Waals surface area contributed by atoms with Gasteiger partial charge in [-0.15, -0.1) is 0 Å². The van der Waals surface area contributed by atoms with E-state index >= 15 is 0 Å². The van der Waals surface area contributed by atoms with Crippen LogP contribution in [0.4, 0.5) is 0 Å². The smallest absolute Gasteiger partial charge is 0.335 e. The number of rotatable bonds is 8. The fourth-order valence-corrected chi connectivity index (χ4v) is 14.7. The lowest BCUT2D eigenvalue weighted by atomic mass is 9.33. The molecule has 2 N–H and O–H groups in total. The quantitative estimate of drug-likeness (QED) is 0.293. The number of nitrogens with one attached hydrogen (secondary N) is 1. The maximum atomic E-state index is 12.3. The highest BCUT2D eigenvalue weighted by atomic mass is 32.2. The summed E-state index contributed by atoms with van der Waals surface area (Å²) in [6.45, 7) is 19.7. The van der Waals surface area contributed by atoms with Crippen molar-refractivity contribution in [3.63, 3.8) is 0 Å². The van der Waals surface area contributed by atoms with Gasteiger partial charge < -0.3 is 10.4 Å². The maximum Gasteiger partial charge on any atom is 0.335 e. The Morgan fingerprint density at radius 3 is 2.24 bits per heavy atom. The molecule has 7 rings (SSSR count). The van der Waals surface area contributed by atoms with Gasteiger partial charge in [0.15, 0.2) is 0 Å². The molecular weight excluding hydrogens is 631 g/mol. The lowest BCUT2D eigenvalue weighted by Gasteiger charge is -2.72. The van der Waals surface area contributed by atoms with Gasteiger partial charge in [0.05, 0.1) is 11.3 Å². The van der Waals surface area contributed by atoms with Crippen LogP contribution >= 0.6 is 0 Å². The topological polar surface area (TPSA) is 90.0 Å². The molecule has 7 nitrogen and oxygen atoms in total. The van der Waals surface area contributed by atoms with Crippen LogP contribution in [0.1, 0.15) is 122 Å². The van der Waals surface area contributed by atoms with E-state index < -0.39 is 16.0 Å². The predicted molar refractivity (Wildman–Crippen MR) is 198 cm³/mol. The molecule has 1 heterocycles. The van der Waals surface area contributed by atoms with Gasteiger partial charge in [0.25, 0.3) is 0 Å². The van der Waals surface area contributed by atoms with Crippen LogP contribution in [0.15, 0.2) is 30.3 Å². The number of aromatic carboxylic acids is 1. The molecule has 8 atom stereocenters. The first-order valence-corrected chi connectivity index (χ1v) is 21.2. The first-order valence-electron chi connectivity index (χ1n) is 19.6. The van der Waals surface area contributed by atoms with Crippen LogP contribution in [0.5, 0.6) is 0 Å². The first kappa shape index (κ1) is 35.7. The lowest BCUT2D eigenvalue weighted by Crippen LogP contribution is -2.67. The number of carboxylic acid groups (broad SMARTS) is 1. The summed E-state index contributed by atoms with van der Waals surface area (Å²) >= 11 is 0. The van der Waals surface area contributed by atoms with Gasteiger partial charge in [0, 0.05) is 44.8 Å². The van der Waals surface area contributed by atoms with Gasteiger partial charge in [0.2, 0.25) is 10.0 Å². The van der Waals surface area contributed by atoms with Gasteiger partial charge in [-0.1, -0.05) is 59.2 Å². The standard InChI is InChI=1S/C41H63N3O4S/c1-7-49(47,48)44-27-25-43(26-28-44)24-23-42-41-18-8-9-33(41)32-14-15-35-38(4)19-16-31(29-10-12-30(13-11-29)36(45)46)37(2,3)34(38)17-20-40(35,6)39(32,5)21-22-41/h10-13,16,32-35,42H,7-9,14-15,17-28H2,1-6H3,(H,45,46)/t32-,33?,34?,35?,38+,39-,40-,41+/m1/s1. The summed E-state index contributed by atoms with van der Waals surface area (Å²) in [6.07, 6.45) is 15.6. The van der Waals surface area contributed by atoms with Crippen LogP contribution in [-0.4, -0.2) is 79.3 Å². The number of benzene rings is 1. The van der Waals surface area contributed by atoms with E-state index in [1.807, 2.05) is 12.1 Å². The Bertz CT molecular complexity index is 1560. The monoisotopic (exact) mass is 693 g/mol. The van der Waals surface area contributed by atoms with Crippen molar-refractivity contribution in [3.8, 4) is 0 Å². The highest BCUT2D eigenvalue weighted by Crippen LogP contribution is 2.76. The second-order valence-corrected chi connectivity index (χ2v) is 20.6. The van der Waals surface area contributed by atoms with E-state index in [9.17, 15) is 18.3 Å². The zero-order valence-corrected chi connectivity index (χ0v) is 32.0. The Kier molecular flexibility index (Phi) is 9.06. The van der Waals surface area contributed by atoms with Crippen LogP contribution in [0, 0.1) is 45.3 Å². The van der Waals surface area contributed by atoms with Crippen molar-refractivity contribution in [2.24, 2.45) is 45.3 Å². The number of carboxylic acids is 1. The number of hydrogen-bond acceptors (Lipinski definition) is 5. The van der Waals surface area contributed by atoms with Crippen LogP contribution in [0.3, 0.4) is 0 Å². The third kappa shape index (κ3) is 5.51. The Morgan fingerprint density at radius 1 is 0.857 bits per heavy atom. The zero-order chi connectivity index (χ0) is 35.0. The van der Waals surface area contributed by atoms with E-state index in [0.29, 0.717) is 41.3 Å². The summed E-state index contributed by atoms with van der Waals surface area (Å²) < 4.78 is 26.4. The number of allylic oxidation sites excluding steroid dienone is 2. The Morgan fingerprint density at radius 2 is 1.57 bits per heavy atom. The largest absolute Gasteiger partial charge is 0.478 e. The second-order valence-electron chi connectivity index (χ2n) is 18.3. The number of carbonyl (C=O) groups is 1. The molecule has 0 amide bonds. The van der Waals surface area contributed by atoms with E-state index in [0.717, 1.165) is 44.4 Å². The van der Waals surface area contributed by atoms with Crippen LogP contribution in [0.2, 0.25) is 0 Å². The third-order valence-electron chi connectivity index (χ3n) is 16.4. The SMILES string of the molecule is CCS(=O)(=O)N1CCN(CCN[C@]23CCCC2[C@H]2CCC4[C@@]5(C)CC=C(c6ccc(C(=O)O)cc6)C(C)(C)C5CC[C@@]4(C)[C@]2(C)CC3)CC1. The molecule has 0 bridgehead atoms. The Balaban J connectivity index is 1.06. The van der Waals surface area contributed by atoms with Gasteiger partial charge in [0.1, 0.15) is 0 Å². The van der Waals surface area contributed by atoms with Gasteiger partial charge in [-0.3, -0.25) is 4.90 Å². The highest BCUT2D eigenvalue weighted by molar-refractivity contribution is 7.89. The van der Waals surface area contributed by atoms with E-state index in [-0.39, 0.29) is 22.1 Å². The van der Waals surface area contributed by atoms with Gasteiger partial charge in [-0.05, 0) is 133 Å². The molecule has 3 unspecified atom stereocenters. The molecule has 0 aromatic heterocycles. The molecule has 272 valence electrons. The summed E-state index contributed by atoms with van der Waals surface area (Å²) in [4.78, 5) is 14.0. The normalized spacial score (nSPS) is 40.8. The van der Waals surface area contributed by atoms with Gasteiger partial charge >= 0.3 is 5.97 Å². The summed E-state index contributed by atoms with van der Waals surface area (Å²) in [5, 5.41) is 13.7. The average Bonchev–Trinajstić information content (AvgIpc) is 3.49. The number of piperazine rings is 1. The molecule has 5 aliphatic carbocycles. The Labute approximate surface area is 296 Å². The Hall–Kier alpha value is -1.74. The van der Waals surface area contributed by atoms with Crippen molar-refractivity contribution in [3.05, 3.63) is 41.5 Å². The molecule has 4 saturated carbocycles. The molecule has 1 aliphatic heterocycles. The summed E-state index contributed by atoms with van der Waals surface area (Å²) in [5.74, 6) is 2.18. The molecule has 0 spiro atoms. The van der Waals surface area contributed by atoms with Crippen molar-refractivity contribution >= 4 is 21.6 Å². The predicted octanol–water partition coefficient (Wildman–Crippen LogP) is 7.54. The van der Waals surface area contributed by atoms with Crippen molar-refractivity contribution in [2.45, 2.75) is 111 Å². The third-order valence-corrected chi connectivity index (χ3v) is 18.3. The van der Waals surface area contributed by atoms with Gasteiger partial charge in [-0.2, -0.15) is 4.31 Å². The first-order chi connectivity index (χ1) is 23.1. The molecule has 5 fully saturated rings. The summed E-state index contributed by atoms with van der Waals surface area (Å²) in [7, 11) is -3.09. The highest BCUT2D eigenvalue weighted by Gasteiger charge is 2.69. The molecule has 49 heavy (non-hydrogen) atoms. The van der Waals surface area contributed by atoms with Crippen molar-refractivity contribution in [1.29, 1.82) is 0 Å². The molecule has 6 aliphatic rings. The van der Waals surface area contributed by atoms with Gasteiger partial charge in [-0.25, -0.2) is 13.2 Å². The van der Waals surface area contributed by atoms with E-state index in [1.165, 1.54) is 68.9 Å². The zero-order valence-electron chi connectivity index (χ0n) is 31.2. The molecule has 0 radical (unpaired) electrons. The minimum Gasteiger partial charge on any atom is -0.478 e. The van der Waals surface area contributed by atoms with Crippen molar-refractivity contribution in [1.82, 2.24) is 14.5 Å².